The van der Waals surface area contributed by atoms with Crippen LogP contribution in [0.1, 0.15) is 43.1 Å². The van der Waals surface area contributed by atoms with Gasteiger partial charge in [0, 0.05) is 29.8 Å². The fourth-order valence-corrected chi connectivity index (χ4v) is 3.12. The molecule has 1 aliphatic heterocycles. The summed E-state index contributed by atoms with van der Waals surface area (Å²) in [5.74, 6) is 1.90. The van der Waals surface area contributed by atoms with E-state index in [0.717, 1.165) is 6.54 Å². The highest BCUT2D eigenvalue weighted by Crippen LogP contribution is 2.46. The predicted molar refractivity (Wildman–Crippen MR) is 72.9 cm³/mol. The second kappa shape index (κ2) is 4.67. The quantitative estimate of drug-likeness (QED) is 0.848. The Kier molecular flexibility index (Phi) is 3.16. The lowest BCUT2D eigenvalue weighted by molar-refractivity contribution is 0.253. The van der Waals surface area contributed by atoms with Gasteiger partial charge in [0.05, 0.1) is 0 Å². The van der Waals surface area contributed by atoms with Crippen LogP contribution in [-0.4, -0.2) is 48.6 Å². The van der Waals surface area contributed by atoms with Gasteiger partial charge in [-0.2, -0.15) is 0 Å². The third-order valence-corrected chi connectivity index (χ3v) is 4.62. The zero-order valence-corrected chi connectivity index (χ0v) is 11.5. The second-order valence-corrected chi connectivity index (χ2v) is 6.08. The lowest BCUT2D eigenvalue weighted by Crippen LogP contribution is -2.29. The van der Waals surface area contributed by atoms with Gasteiger partial charge in [0.15, 0.2) is 0 Å². The van der Waals surface area contributed by atoms with Crippen molar-refractivity contribution in [1.29, 1.82) is 0 Å². The molecule has 1 saturated carbocycles. The Morgan fingerprint density at radius 2 is 2.17 bits per heavy atom. The SMILES string of the molecule is CNCC1(c2ncc(C3CCN(C)CC3)[nH]2)CC1. The standard InChI is InChI=1S/C14H24N4/c1-15-10-14(5-6-14)13-16-9-12(17-13)11-3-7-18(2)8-4-11/h9,11,15H,3-8,10H2,1-2H3,(H,16,17). The minimum atomic E-state index is 0.318. The number of rotatable bonds is 4. The smallest absolute Gasteiger partial charge is 0.113 e. The van der Waals surface area contributed by atoms with E-state index in [9.17, 15) is 0 Å². The number of nitrogens with zero attached hydrogens (tertiary/aromatic N) is 2. The molecule has 100 valence electrons. The normalized spacial score (nSPS) is 24.3. The van der Waals surface area contributed by atoms with Crippen LogP contribution in [0.2, 0.25) is 0 Å². The van der Waals surface area contributed by atoms with E-state index in [0.29, 0.717) is 11.3 Å². The van der Waals surface area contributed by atoms with E-state index in [2.05, 4.69) is 33.4 Å². The summed E-state index contributed by atoms with van der Waals surface area (Å²) < 4.78 is 0. The fraction of sp³-hybridized carbons (Fsp3) is 0.786. The van der Waals surface area contributed by atoms with E-state index in [4.69, 9.17) is 0 Å². The molecule has 0 unspecified atom stereocenters. The first-order valence-corrected chi connectivity index (χ1v) is 7.12. The number of H-pyrrole nitrogens is 1. The van der Waals surface area contributed by atoms with Gasteiger partial charge in [-0.15, -0.1) is 0 Å². The molecule has 1 aromatic heterocycles. The van der Waals surface area contributed by atoms with Gasteiger partial charge in [0.25, 0.3) is 0 Å². The zero-order chi connectivity index (χ0) is 12.6. The summed E-state index contributed by atoms with van der Waals surface area (Å²) >= 11 is 0. The molecule has 4 heteroatoms. The summed E-state index contributed by atoms with van der Waals surface area (Å²) in [6.45, 7) is 3.47. The number of hydrogen-bond acceptors (Lipinski definition) is 3. The molecule has 18 heavy (non-hydrogen) atoms. The van der Waals surface area contributed by atoms with Gasteiger partial charge in [-0.3, -0.25) is 0 Å². The molecule has 2 N–H and O–H groups in total. The number of aromatic amines is 1. The summed E-state index contributed by atoms with van der Waals surface area (Å²) in [6.07, 6.45) is 7.15. The molecule has 3 rings (SSSR count). The van der Waals surface area contributed by atoms with Crippen molar-refractivity contribution in [3.63, 3.8) is 0 Å². The zero-order valence-electron chi connectivity index (χ0n) is 11.5. The molecule has 2 aliphatic rings. The largest absolute Gasteiger partial charge is 0.345 e. The first kappa shape index (κ1) is 12.2. The Bertz CT molecular complexity index is 400. The van der Waals surface area contributed by atoms with Crippen LogP contribution in [0.4, 0.5) is 0 Å². The van der Waals surface area contributed by atoms with Gasteiger partial charge < -0.3 is 15.2 Å². The number of likely N-dealkylation sites (tertiary alicyclic amines) is 1. The van der Waals surface area contributed by atoms with Crippen LogP contribution in [0.15, 0.2) is 6.20 Å². The number of piperidine rings is 1. The molecule has 0 spiro atoms. The highest BCUT2D eigenvalue weighted by molar-refractivity contribution is 5.22. The van der Waals surface area contributed by atoms with Crippen molar-refractivity contribution in [3.05, 3.63) is 17.7 Å². The second-order valence-electron chi connectivity index (χ2n) is 6.08. The van der Waals surface area contributed by atoms with Crippen molar-refractivity contribution in [1.82, 2.24) is 20.2 Å². The molecule has 1 saturated heterocycles. The van der Waals surface area contributed by atoms with Crippen LogP contribution in [-0.2, 0) is 5.41 Å². The molecular weight excluding hydrogens is 224 g/mol. The molecule has 0 radical (unpaired) electrons. The summed E-state index contributed by atoms with van der Waals surface area (Å²) in [5.41, 5.74) is 1.68. The summed E-state index contributed by atoms with van der Waals surface area (Å²) in [4.78, 5) is 10.7. The van der Waals surface area contributed by atoms with Gasteiger partial charge in [-0.1, -0.05) is 0 Å². The van der Waals surface area contributed by atoms with Crippen molar-refractivity contribution in [2.45, 2.75) is 37.0 Å². The maximum absolute atomic E-state index is 4.65. The average Bonchev–Trinajstić information content (AvgIpc) is 2.99. The van der Waals surface area contributed by atoms with Crippen molar-refractivity contribution in [2.75, 3.05) is 33.7 Å². The minimum Gasteiger partial charge on any atom is -0.345 e. The third kappa shape index (κ3) is 2.19. The van der Waals surface area contributed by atoms with Crippen LogP contribution in [0, 0.1) is 0 Å². The fourth-order valence-electron chi connectivity index (χ4n) is 3.12. The third-order valence-electron chi connectivity index (χ3n) is 4.62. The first-order valence-electron chi connectivity index (χ1n) is 7.12. The maximum atomic E-state index is 4.65. The monoisotopic (exact) mass is 248 g/mol. The van der Waals surface area contributed by atoms with E-state index in [1.165, 1.54) is 50.3 Å². The van der Waals surface area contributed by atoms with Crippen molar-refractivity contribution >= 4 is 0 Å². The molecule has 2 fully saturated rings. The van der Waals surface area contributed by atoms with Gasteiger partial charge in [-0.05, 0) is 52.9 Å². The van der Waals surface area contributed by atoms with Gasteiger partial charge in [0.1, 0.15) is 5.82 Å². The highest BCUT2D eigenvalue weighted by atomic mass is 15.1. The van der Waals surface area contributed by atoms with Crippen LogP contribution in [0.5, 0.6) is 0 Å². The van der Waals surface area contributed by atoms with Crippen molar-refractivity contribution in [2.24, 2.45) is 0 Å². The Morgan fingerprint density at radius 1 is 1.44 bits per heavy atom. The van der Waals surface area contributed by atoms with E-state index < -0.39 is 0 Å². The average molecular weight is 248 g/mol. The highest BCUT2D eigenvalue weighted by Gasteiger charge is 2.46. The molecule has 0 atom stereocenters. The summed E-state index contributed by atoms with van der Waals surface area (Å²) in [6, 6.07) is 0. The Balaban J connectivity index is 1.70. The van der Waals surface area contributed by atoms with Crippen LogP contribution in [0.3, 0.4) is 0 Å². The van der Waals surface area contributed by atoms with Gasteiger partial charge in [0.2, 0.25) is 0 Å². The summed E-state index contributed by atoms with van der Waals surface area (Å²) in [7, 11) is 4.24. The molecule has 1 aromatic rings. The molecule has 2 heterocycles. The van der Waals surface area contributed by atoms with Crippen LogP contribution >= 0.6 is 0 Å². The Hall–Kier alpha value is -0.870. The number of hydrogen-bond donors (Lipinski definition) is 2. The van der Waals surface area contributed by atoms with Gasteiger partial charge >= 0.3 is 0 Å². The Labute approximate surface area is 109 Å². The van der Waals surface area contributed by atoms with E-state index in [-0.39, 0.29) is 0 Å². The van der Waals surface area contributed by atoms with E-state index in [1.54, 1.807) is 0 Å². The maximum Gasteiger partial charge on any atom is 0.113 e. The number of nitrogens with one attached hydrogen (secondary N) is 2. The Morgan fingerprint density at radius 3 is 2.78 bits per heavy atom. The molecule has 4 nitrogen and oxygen atoms in total. The molecule has 0 amide bonds. The van der Waals surface area contributed by atoms with Gasteiger partial charge in [-0.25, -0.2) is 4.98 Å². The minimum absolute atomic E-state index is 0.318. The number of imidazole rings is 1. The van der Waals surface area contributed by atoms with Crippen molar-refractivity contribution in [3.8, 4) is 0 Å². The summed E-state index contributed by atoms with van der Waals surface area (Å²) in [5, 5.41) is 3.30. The topological polar surface area (TPSA) is 44.0 Å². The molecular formula is C14H24N4. The molecule has 1 aliphatic carbocycles. The van der Waals surface area contributed by atoms with Crippen molar-refractivity contribution < 1.29 is 0 Å². The van der Waals surface area contributed by atoms with Crippen LogP contribution in [0.25, 0.3) is 0 Å². The number of likely N-dealkylation sites (N-methyl/N-ethyl adjacent to an activating group) is 1. The molecule has 0 bridgehead atoms. The predicted octanol–water partition coefficient (Wildman–Crippen LogP) is 1.47. The van der Waals surface area contributed by atoms with E-state index in [1.807, 2.05) is 7.05 Å². The number of aromatic nitrogens is 2. The first-order chi connectivity index (χ1) is 8.73. The lowest BCUT2D eigenvalue weighted by Gasteiger charge is -2.28. The van der Waals surface area contributed by atoms with Crippen LogP contribution < -0.4 is 5.32 Å². The molecule has 0 aromatic carbocycles. The lowest BCUT2D eigenvalue weighted by atomic mass is 9.94. The van der Waals surface area contributed by atoms with E-state index >= 15 is 0 Å².